The molecule has 0 radical (unpaired) electrons. The summed E-state index contributed by atoms with van der Waals surface area (Å²) in [5.41, 5.74) is 5.06. The average molecular weight is 365 g/mol. The van der Waals surface area contributed by atoms with Crippen molar-refractivity contribution in [3.05, 3.63) is 63.2 Å². The average Bonchev–Trinajstić information content (AvgIpc) is 2.93. The first-order valence-electron chi connectivity index (χ1n) is 9.89. The maximum Gasteiger partial charge on any atom is 0.269 e. The van der Waals surface area contributed by atoms with Crippen LogP contribution in [0.3, 0.4) is 0 Å². The first kappa shape index (κ1) is 19.3. The predicted octanol–water partition coefficient (Wildman–Crippen LogP) is 6.44. The molecule has 27 heavy (non-hydrogen) atoms. The Hall–Kier alpha value is -2.49. The van der Waals surface area contributed by atoms with Gasteiger partial charge in [0, 0.05) is 23.1 Å². The van der Waals surface area contributed by atoms with Crippen LogP contribution in [0.1, 0.15) is 80.8 Å². The second-order valence-electron chi connectivity index (χ2n) is 7.59. The summed E-state index contributed by atoms with van der Waals surface area (Å²) < 4.78 is 0. The number of non-ortho nitro benzene ring substituents is 1. The van der Waals surface area contributed by atoms with Gasteiger partial charge in [-0.15, -0.1) is 0 Å². The van der Waals surface area contributed by atoms with Crippen molar-refractivity contribution in [1.29, 1.82) is 0 Å². The van der Waals surface area contributed by atoms with Crippen molar-refractivity contribution in [3.63, 3.8) is 0 Å². The number of unbranched alkanes of at least 4 members (excludes halogenated alkanes) is 2. The largest absolute Gasteiger partial charge is 0.295 e. The minimum Gasteiger partial charge on any atom is -0.295 e. The van der Waals surface area contributed by atoms with Crippen molar-refractivity contribution < 1.29 is 9.72 Å². The summed E-state index contributed by atoms with van der Waals surface area (Å²) in [6.45, 7) is 5.93. The lowest BCUT2D eigenvalue weighted by molar-refractivity contribution is -0.384. The van der Waals surface area contributed by atoms with Crippen LogP contribution in [-0.4, -0.2) is 10.7 Å². The van der Waals surface area contributed by atoms with Gasteiger partial charge in [-0.1, -0.05) is 51.7 Å². The third-order valence-electron chi connectivity index (χ3n) is 5.88. The van der Waals surface area contributed by atoms with Crippen molar-refractivity contribution in [2.75, 3.05) is 0 Å². The molecule has 4 heteroatoms. The van der Waals surface area contributed by atoms with E-state index in [1.54, 1.807) is 19.1 Å². The van der Waals surface area contributed by atoms with Crippen LogP contribution >= 0.6 is 0 Å². The van der Waals surface area contributed by atoms with E-state index in [1.165, 1.54) is 5.56 Å². The Balaban J connectivity index is 2.28. The summed E-state index contributed by atoms with van der Waals surface area (Å²) in [5.74, 6) is 0.0552. The van der Waals surface area contributed by atoms with Crippen LogP contribution in [0.25, 0.3) is 11.1 Å². The zero-order chi connectivity index (χ0) is 19.6. The van der Waals surface area contributed by atoms with Gasteiger partial charge in [0.1, 0.15) is 0 Å². The molecular weight excluding hydrogens is 338 g/mol. The van der Waals surface area contributed by atoms with E-state index in [0.29, 0.717) is 5.56 Å². The Morgan fingerprint density at radius 1 is 0.963 bits per heavy atom. The third-order valence-corrected chi connectivity index (χ3v) is 5.88. The minimum absolute atomic E-state index is 0.0552. The number of nitrogens with zero attached hydrogens (tertiary/aromatic N) is 1. The molecule has 0 saturated carbocycles. The highest BCUT2D eigenvalue weighted by Gasteiger charge is 2.43. The zero-order valence-electron chi connectivity index (χ0n) is 16.4. The number of Topliss-reactive ketones (excluding diaryl/α,β-unsaturated/α-hetero) is 1. The maximum atomic E-state index is 12.0. The van der Waals surface area contributed by atoms with Crippen LogP contribution in [0.5, 0.6) is 0 Å². The molecule has 2 aromatic carbocycles. The fourth-order valence-corrected chi connectivity index (χ4v) is 4.44. The van der Waals surface area contributed by atoms with E-state index in [9.17, 15) is 14.9 Å². The standard InChI is InChI=1S/C23H27NO3/c1-4-6-12-23(13-7-5-2)21-14-17(16(3)25)8-10-19(21)20-11-9-18(24(26)27)15-22(20)23/h8-11,14-15H,4-7,12-13H2,1-3H3. The van der Waals surface area contributed by atoms with Gasteiger partial charge in [-0.25, -0.2) is 0 Å². The smallest absolute Gasteiger partial charge is 0.269 e. The molecule has 0 atom stereocenters. The van der Waals surface area contributed by atoms with Crippen molar-refractivity contribution in [2.24, 2.45) is 0 Å². The topological polar surface area (TPSA) is 60.2 Å². The lowest BCUT2D eigenvalue weighted by atomic mass is 9.70. The molecule has 0 aliphatic heterocycles. The molecule has 0 aromatic heterocycles. The number of fused-ring (bicyclic) bond motifs is 3. The van der Waals surface area contributed by atoms with Gasteiger partial charge in [0.25, 0.3) is 5.69 Å². The molecule has 1 aliphatic carbocycles. The van der Waals surface area contributed by atoms with Crippen molar-refractivity contribution in [3.8, 4) is 11.1 Å². The Kier molecular flexibility index (Phi) is 5.45. The normalized spacial score (nSPS) is 13.9. The van der Waals surface area contributed by atoms with E-state index in [0.717, 1.165) is 55.2 Å². The first-order valence-corrected chi connectivity index (χ1v) is 9.89. The van der Waals surface area contributed by atoms with Gasteiger partial charge in [-0.3, -0.25) is 14.9 Å². The quantitative estimate of drug-likeness (QED) is 0.307. The minimum atomic E-state index is -0.311. The number of carbonyl (C=O) groups excluding carboxylic acids is 1. The summed E-state index contributed by atoms with van der Waals surface area (Å²) in [4.78, 5) is 23.1. The van der Waals surface area contributed by atoms with Gasteiger partial charge >= 0.3 is 0 Å². The molecular formula is C23H27NO3. The van der Waals surface area contributed by atoms with Gasteiger partial charge in [-0.2, -0.15) is 0 Å². The fourth-order valence-electron chi connectivity index (χ4n) is 4.44. The van der Waals surface area contributed by atoms with E-state index < -0.39 is 0 Å². The van der Waals surface area contributed by atoms with Crippen LogP contribution in [0, 0.1) is 10.1 Å². The predicted molar refractivity (Wildman–Crippen MR) is 108 cm³/mol. The van der Waals surface area contributed by atoms with E-state index in [4.69, 9.17) is 0 Å². The summed E-state index contributed by atoms with van der Waals surface area (Å²) in [5, 5.41) is 11.4. The van der Waals surface area contributed by atoms with Crippen LogP contribution < -0.4 is 0 Å². The number of carbonyl (C=O) groups is 1. The second-order valence-corrected chi connectivity index (χ2v) is 7.59. The summed E-state index contributed by atoms with van der Waals surface area (Å²) in [6.07, 6.45) is 6.14. The van der Waals surface area contributed by atoms with E-state index in [-0.39, 0.29) is 21.8 Å². The molecule has 3 rings (SSSR count). The van der Waals surface area contributed by atoms with Gasteiger partial charge in [0.05, 0.1) is 4.92 Å². The highest BCUT2D eigenvalue weighted by atomic mass is 16.6. The molecule has 0 saturated heterocycles. The number of nitro benzene ring substituents is 1. The number of ketones is 1. The van der Waals surface area contributed by atoms with Gasteiger partial charge in [0.2, 0.25) is 0 Å². The number of hydrogen-bond donors (Lipinski definition) is 0. The molecule has 2 aromatic rings. The van der Waals surface area contributed by atoms with E-state index >= 15 is 0 Å². The Morgan fingerprint density at radius 2 is 1.52 bits per heavy atom. The molecule has 0 bridgehead atoms. The molecule has 4 nitrogen and oxygen atoms in total. The number of benzene rings is 2. The van der Waals surface area contributed by atoms with E-state index in [1.807, 2.05) is 24.3 Å². The highest BCUT2D eigenvalue weighted by molar-refractivity contribution is 5.96. The van der Waals surface area contributed by atoms with Crippen molar-refractivity contribution >= 4 is 11.5 Å². The molecule has 0 spiro atoms. The second kappa shape index (κ2) is 7.63. The van der Waals surface area contributed by atoms with Crippen molar-refractivity contribution in [2.45, 2.75) is 64.7 Å². The van der Waals surface area contributed by atoms with Crippen LogP contribution in [0.2, 0.25) is 0 Å². The number of nitro groups is 1. The summed E-state index contributed by atoms with van der Waals surface area (Å²) in [6, 6.07) is 11.2. The molecule has 0 N–H and O–H groups in total. The fraction of sp³-hybridized carbons (Fsp3) is 0.435. The number of rotatable bonds is 8. The molecule has 0 heterocycles. The monoisotopic (exact) mass is 365 g/mol. The summed E-state index contributed by atoms with van der Waals surface area (Å²) in [7, 11) is 0. The Labute approximate surface area is 160 Å². The van der Waals surface area contributed by atoms with Crippen LogP contribution in [0.15, 0.2) is 36.4 Å². The van der Waals surface area contributed by atoms with Crippen LogP contribution in [-0.2, 0) is 5.41 Å². The highest BCUT2D eigenvalue weighted by Crippen LogP contribution is 2.55. The lowest BCUT2D eigenvalue weighted by Gasteiger charge is -2.32. The number of hydrogen-bond acceptors (Lipinski definition) is 3. The van der Waals surface area contributed by atoms with E-state index in [2.05, 4.69) is 13.8 Å². The molecule has 1 aliphatic rings. The zero-order valence-corrected chi connectivity index (χ0v) is 16.4. The lowest BCUT2D eigenvalue weighted by Crippen LogP contribution is -2.26. The molecule has 142 valence electrons. The summed E-state index contributed by atoms with van der Waals surface area (Å²) >= 11 is 0. The van der Waals surface area contributed by atoms with Crippen LogP contribution in [0.4, 0.5) is 5.69 Å². The Morgan fingerprint density at radius 3 is 2.04 bits per heavy atom. The van der Waals surface area contributed by atoms with Crippen molar-refractivity contribution in [1.82, 2.24) is 0 Å². The molecule has 0 unspecified atom stereocenters. The van der Waals surface area contributed by atoms with Gasteiger partial charge < -0.3 is 0 Å². The van der Waals surface area contributed by atoms with Gasteiger partial charge in [0.15, 0.2) is 5.78 Å². The maximum absolute atomic E-state index is 12.0. The molecule has 0 amide bonds. The van der Waals surface area contributed by atoms with Gasteiger partial charge in [-0.05, 0) is 54.2 Å². The third kappa shape index (κ3) is 3.29. The first-order chi connectivity index (χ1) is 12.9. The SMILES string of the molecule is CCCCC1(CCCC)c2cc(C(C)=O)ccc2-c2ccc([N+](=O)[O-])cc21. The molecule has 0 fully saturated rings. The Bertz CT molecular complexity index is 812.